The zero-order valence-corrected chi connectivity index (χ0v) is 23.0. The zero-order chi connectivity index (χ0) is 30.0. The van der Waals surface area contributed by atoms with Crippen LogP contribution in [-0.2, 0) is 14.8 Å². The fourth-order valence-electron chi connectivity index (χ4n) is 4.01. The second kappa shape index (κ2) is 11.4. The second-order valence-electron chi connectivity index (χ2n) is 10.2. The highest BCUT2D eigenvalue weighted by atomic mass is 32.2. The molecule has 1 aliphatic heterocycles. The predicted octanol–water partition coefficient (Wildman–Crippen LogP) is 6.17. The summed E-state index contributed by atoms with van der Waals surface area (Å²) in [6.45, 7) is 6.98. The number of sulfonamides is 1. The quantitative estimate of drug-likeness (QED) is 0.279. The highest BCUT2D eigenvalue weighted by molar-refractivity contribution is 7.92. The van der Waals surface area contributed by atoms with Gasteiger partial charge < -0.3 is 19.3 Å². The molecule has 1 heterocycles. The Morgan fingerprint density at radius 1 is 1.23 bits per heavy atom. The van der Waals surface area contributed by atoms with Gasteiger partial charge >= 0.3 is 12.3 Å². The third-order valence-corrected chi connectivity index (χ3v) is 7.69. The van der Waals surface area contributed by atoms with Gasteiger partial charge in [0, 0.05) is 23.6 Å². The molecule has 1 aliphatic rings. The highest BCUT2D eigenvalue weighted by Crippen LogP contribution is 2.41. The summed E-state index contributed by atoms with van der Waals surface area (Å²) < 4.78 is 98.2. The van der Waals surface area contributed by atoms with Crippen LogP contribution in [0, 0.1) is 11.2 Å². The van der Waals surface area contributed by atoms with Crippen LogP contribution in [0.5, 0.6) is 11.5 Å². The normalized spacial score (nSPS) is 16.4. The molecule has 0 saturated heterocycles. The number of aliphatic hydroxyl groups excluding tert-OH is 1. The minimum Gasteiger partial charge on any atom is -0.513 e. The smallest absolute Gasteiger partial charge is 0.426 e. The van der Waals surface area contributed by atoms with Gasteiger partial charge in [-0.15, -0.1) is 0 Å². The van der Waals surface area contributed by atoms with Crippen molar-refractivity contribution in [1.29, 1.82) is 0 Å². The van der Waals surface area contributed by atoms with Crippen molar-refractivity contribution in [3.05, 3.63) is 54.6 Å². The second-order valence-corrected chi connectivity index (χ2v) is 12.0. The van der Waals surface area contributed by atoms with Crippen molar-refractivity contribution in [3.8, 4) is 11.5 Å². The molecule has 0 unspecified atom stereocenters. The third-order valence-electron chi connectivity index (χ3n) is 5.91. The Kier molecular flexibility index (Phi) is 8.82. The first kappa shape index (κ1) is 30.9. The van der Waals surface area contributed by atoms with E-state index < -0.39 is 45.7 Å². The van der Waals surface area contributed by atoms with E-state index in [-0.39, 0.29) is 52.9 Å². The summed E-state index contributed by atoms with van der Waals surface area (Å²) in [5.41, 5.74) is -1.56. The van der Waals surface area contributed by atoms with E-state index in [2.05, 4.69) is 16.6 Å². The van der Waals surface area contributed by atoms with Gasteiger partial charge in [0.2, 0.25) is 6.10 Å². The summed E-state index contributed by atoms with van der Waals surface area (Å²) in [6.07, 6.45) is -9.03. The number of amides is 1. The summed E-state index contributed by atoms with van der Waals surface area (Å²) in [6, 6.07) is 6.84. The number of hydrogen-bond donors (Lipinski definition) is 2. The first-order valence-electron chi connectivity index (χ1n) is 12.0. The van der Waals surface area contributed by atoms with Crippen LogP contribution in [0.3, 0.4) is 0 Å². The van der Waals surface area contributed by atoms with Crippen molar-refractivity contribution in [2.24, 2.45) is 5.41 Å². The lowest BCUT2D eigenvalue weighted by Crippen LogP contribution is -2.44. The van der Waals surface area contributed by atoms with Crippen LogP contribution in [0.25, 0.3) is 0 Å². The molecular weight excluding hydrogens is 560 g/mol. The van der Waals surface area contributed by atoms with Gasteiger partial charge in [0.05, 0.1) is 30.0 Å². The van der Waals surface area contributed by atoms with Crippen LogP contribution in [0.1, 0.15) is 33.6 Å². The number of alkyl halides is 3. The number of aliphatic hydroxyl groups is 1. The summed E-state index contributed by atoms with van der Waals surface area (Å²) in [4.78, 5) is 12.1. The number of hydrogen-bond acceptors (Lipinski definition) is 7. The van der Waals surface area contributed by atoms with E-state index in [1.165, 1.54) is 46.1 Å². The van der Waals surface area contributed by atoms with Crippen molar-refractivity contribution in [1.82, 2.24) is 0 Å². The van der Waals surface area contributed by atoms with E-state index in [1.54, 1.807) is 0 Å². The first-order chi connectivity index (χ1) is 18.4. The Morgan fingerprint density at radius 3 is 2.48 bits per heavy atom. The number of carbonyl (C=O) groups excluding carboxylic acids is 1. The van der Waals surface area contributed by atoms with E-state index in [0.29, 0.717) is 0 Å². The zero-order valence-electron chi connectivity index (χ0n) is 22.2. The topological polar surface area (TPSA) is 114 Å². The lowest BCUT2D eigenvalue weighted by molar-refractivity contribution is -0.229. The molecule has 0 aliphatic carbocycles. The van der Waals surface area contributed by atoms with Crippen LogP contribution in [-0.4, -0.2) is 51.7 Å². The molecule has 0 fully saturated rings. The molecule has 0 spiro atoms. The number of ether oxygens (including phenoxy) is 3. The van der Waals surface area contributed by atoms with E-state index in [9.17, 15) is 35.9 Å². The predicted molar refractivity (Wildman–Crippen MR) is 139 cm³/mol. The lowest BCUT2D eigenvalue weighted by Gasteiger charge is -2.36. The average Bonchev–Trinajstić information content (AvgIpc) is 2.84. The van der Waals surface area contributed by atoms with E-state index in [1.807, 2.05) is 0 Å². The van der Waals surface area contributed by atoms with E-state index >= 15 is 0 Å². The number of fused-ring (bicyclic) bond motifs is 1. The first-order valence-corrected chi connectivity index (χ1v) is 13.5. The Hall–Kier alpha value is -3.68. The molecule has 2 N–H and O–H groups in total. The molecule has 1 amide bonds. The van der Waals surface area contributed by atoms with Crippen LogP contribution in [0.2, 0.25) is 0 Å². The number of rotatable bonds is 8. The number of nitrogens with one attached hydrogen (secondary N) is 1. The molecule has 0 aromatic heterocycles. The molecule has 0 radical (unpaired) electrons. The van der Waals surface area contributed by atoms with Crippen LogP contribution >= 0.6 is 0 Å². The SMILES string of the molecule is C=C(O)CC[C@H]1CN(S(=O)(=O)c2ccc(F)c(OC)c2)c2cc(NC(=O)O[C@@H](C(C)(C)C)C(F)(F)F)ccc2O1. The number of methoxy groups -OCH3 is 1. The molecule has 40 heavy (non-hydrogen) atoms. The number of halogens is 4. The minimum atomic E-state index is -4.82. The van der Waals surface area contributed by atoms with Crippen molar-refractivity contribution in [2.45, 2.75) is 56.9 Å². The fraction of sp³-hybridized carbons (Fsp3) is 0.423. The molecular formula is C26H30F4N2O7S. The van der Waals surface area contributed by atoms with E-state index in [0.717, 1.165) is 22.5 Å². The Balaban J connectivity index is 1.98. The van der Waals surface area contributed by atoms with Crippen molar-refractivity contribution in [2.75, 3.05) is 23.3 Å². The van der Waals surface area contributed by atoms with Crippen molar-refractivity contribution in [3.63, 3.8) is 0 Å². The summed E-state index contributed by atoms with van der Waals surface area (Å²) >= 11 is 0. The largest absolute Gasteiger partial charge is 0.513 e. The number of benzene rings is 2. The molecule has 220 valence electrons. The maximum atomic E-state index is 14.0. The minimum absolute atomic E-state index is 0.0386. The maximum absolute atomic E-state index is 14.0. The van der Waals surface area contributed by atoms with Crippen LogP contribution < -0.4 is 19.1 Å². The number of allylic oxidation sites excluding steroid dienone is 1. The molecule has 2 atom stereocenters. The summed E-state index contributed by atoms with van der Waals surface area (Å²) in [5.74, 6) is -1.13. The van der Waals surface area contributed by atoms with Gasteiger partial charge in [-0.3, -0.25) is 9.62 Å². The van der Waals surface area contributed by atoms with Gasteiger partial charge in [0.1, 0.15) is 11.9 Å². The molecule has 3 rings (SSSR count). The van der Waals surface area contributed by atoms with Crippen molar-refractivity contribution < 1.29 is 50.1 Å². The fourth-order valence-corrected chi connectivity index (χ4v) is 5.53. The molecule has 9 nitrogen and oxygen atoms in total. The molecule has 0 saturated carbocycles. The molecule has 2 aromatic rings. The Bertz CT molecular complexity index is 1360. The number of anilines is 2. The molecule has 14 heteroatoms. The van der Waals surface area contributed by atoms with Crippen LogP contribution in [0.15, 0.2) is 53.6 Å². The average molecular weight is 591 g/mol. The Labute approximate surface area is 229 Å². The van der Waals surface area contributed by atoms with Crippen molar-refractivity contribution >= 4 is 27.5 Å². The monoisotopic (exact) mass is 590 g/mol. The number of carbonyl (C=O) groups is 1. The lowest BCUT2D eigenvalue weighted by atomic mass is 9.88. The van der Waals surface area contributed by atoms with Gasteiger partial charge in [-0.2, -0.15) is 13.2 Å². The van der Waals surface area contributed by atoms with Crippen LogP contribution in [0.4, 0.5) is 33.7 Å². The maximum Gasteiger partial charge on any atom is 0.426 e. The van der Waals surface area contributed by atoms with Gasteiger partial charge in [-0.05, 0) is 36.8 Å². The highest BCUT2D eigenvalue weighted by Gasteiger charge is 2.50. The van der Waals surface area contributed by atoms with Gasteiger partial charge in [0.25, 0.3) is 10.0 Å². The van der Waals surface area contributed by atoms with E-state index in [4.69, 9.17) is 9.47 Å². The van der Waals surface area contributed by atoms with Gasteiger partial charge in [0.15, 0.2) is 11.6 Å². The molecule has 0 bridgehead atoms. The van der Waals surface area contributed by atoms with Gasteiger partial charge in [-0.1, -0.05) is 27.4 Å². The Morgan fingerprint density at radius 2 is 1.90 bits per heavy atom. The molecule has 2 aromatic carbocycles. The third kappa shape index (κ3) is 7.09. The summed E-state index contributed by atoms with van der Waals surface area (Å²) in [5, 5.41) is 11.7. The van der Waals surface area contributed by atoms with Gasteiger partial charge in [-0.25, -0.2) is 17.6 Å². The number of nitrogens with zero attached hydrogens (tertiary/aromatic N) is 1. The standard InChI is InChI=1S/C26H30F4N2O7S/c1-15(33)6-8-17-14-32(40(35,36)18-9-10-19(27)22(13-18)37-5)20-12-16(7-11-21(20)38-17)31-24(34)39-23(25(2,3)4)26(28,29)30/h7,9-13,17,23,33H,1,6,8,14H2,2-5H3,(H,31,34)/t17-,23-/m0/s1. The summed E-state index contributed by atoms with van der Waals surface area (Å²) in [7, 11) is -3.19.